The number of hydrogen-bond donors (Lipinski definition) is 0. The van der Waals surface area contributed by atoms with Crippen LogP contribution < -0.4 is 0 Å². The van der Waals surface area contributed by atoms with E-state index in [0.29, 0.717) is 61.0 Å². The molecule has 0 unspecified atom stereocenters. The van der Waals surface area contributed by atoms with Gasteiger partial charge in [-0.2, -0.15) is 0 Å². The zero-order chi connectivity index (χ0) is 19.5. The summed E-state index contributed by atoms with van der Waals surface area (Å²) >= 11 is 0. The highest BCUT2D eigenvalue weighted by atomic mass is 16.1. The molecule has 0 amide bonds. The molecule has 4 rings (SSSR count). The first-order valence-corrected chi connectivity index (χ1v) is 9.49. The van der Waals surface area contributed by atoms with Crippen LogP contribution in [0.2, 0.25) is 0 Å². The van der Waals surface area contributed by atoms with Crippen LogP contribution in [-0.4, -0.2) is 28.8 Å². The van der Waals surface area contributed by atoms with E-state index in [-0.39, 0.29) is 17.3 Å². The second-order valence-corrected chi connectivity index (χ2v) is 7.15. The summed E-state index contributed by atoms with van der Waals surface area (Å²) in [6, 6.07) is 14.4. The molecule has 0 bridgehead atoms. The minimum absolute atomic E-state index is 0.159. The molecule has 0 heterocycles. The first-order valence-electron chi connectivity index (χ1n) is 9.49. The van der Waals surface area contributed by atoms with E-state index >= 15 is 0 Å². The Bertz CT molecular complexity index is 952. The maximum atomic E-state index is 13.3. The zero-order valence-electron chi connectivity index (χ0n) is 15.5. The molecule has 2 saturated carbocycles. The highest BCUT2D eigenvalue weighted by molar-refractivity contribution is 6.17. The van der Waals surface area contributed by atoms with Gasteiger partial charge in [-0.3, -0.25) is 24.4 Å². The molecule has 2 aliphatic carbocycles. The number of Topliss-reactive ketones (excluding diaryl/α,β-unsaturated/α-hetero) is 2. The van der Waals surface area contributed by atoms with Crippen LogP contribution in [-0.2, 0) is 9.59 Å². The normalized spacial score (nSPS) is 19.7. The Labute approximate surface area is 163 Å². The summed E-state index contributed by atoms with van der Waals surface area (Å²) in [5.74, 6) is 0.221. The van der Waals surface area contributed by atoms with E-state index in [9.17, 15) is 14.4 Å². The molecule has 0 aliphatic heterocycles. The van der Waals surface area contributed by atoms with Crippen LogP contribution in [0.4, 0.5) is 11.4 Å². The zero-order valence-corrected chi connectivity index (χ0v) is 15.5. The minimum atomic E-state index is -0.159. The molecule has 28 heavy (non-hydrogen) atoms. The smallest absolute Gasteiger partial charge is 0.197 e. The monoisotopic (exact) mass is 372 g/mol. The van der Waals surface area contributed by atoms with Gasteiger partial charge in [-0.25, -0.2) is 0 Å². The van der Waals surface area contributed by atoms with Crippen molar-refractivity contribution in [2.24, 2.45) is 9.98 Å². The van der Waals surface area contributed by atoms with Crippen LogP contribution in [0.15, 0.2) is 58.5 Å². The Kier molecular flexibility index (Phi) is 5.06. The predicted octanol–water partition coefficient (Wildman–Crippen LogP) is 4.57. The lowest BCUT2D eigenvalue weighted by atomic mass is 10.00. The number of nitrogens with zero attached hydrogens (tertiary/aromatic N) is 2. The van der Waals surface area contributed by atoms with Crippen molar-refractivity contribution in [2.45, 2.75) is 38.5 Å². The third-order valence-electron chi connectivity index (χ3n) is 5.04. The Morgan fingerprint density at radius 3 is 1.46 bits per heavy atom. The summed E-state index contributed by atoms with van der Waals surface area (Å²) in [5.41, 5.74) is 3.78. The van der Waals surface area contributed by atoms with Crippen LogP contribution in [0.1, 0.15) is 54.4 Å². The van der Waals surface area contributed by atoms with Crippen molar-refractivity contribution in [3.63, 3.8) is 0 Å². The van der Waals surface area contributed by atoms with E-state index < -0.39 is 0 Å². The van der Waals surface area contributed by atoms with E-state index in [0.717, 1.165) is 11.4 Å². The summed E-state index contributed by atoms with van der Waals surface area (Å²) < 4.78 is 0. The number of carbonyl (C=O) groups excluding carboxylic acids is 3. The molecule has 2 aromatic rings. The first-order chi connectivity index (χ1) is 13.6. The van der Waals surface area contributed by atoms with Gasteiger partial charge in [-0.15, -0.1) is 0 Å². The van der Waals surface area contributed by atoms with Gasteiger partial charge in [-0.05, 0) is 37.1 Å². The highest BCUT2D eigenvalue weighted by Crippen LogP contribution is 2.29. The van der Waals surface area contributed by atoms with Crippen molar-refractivity contribution >= 4 is 40.1 Å². The number of benzene rings is 2. The Morgan fingerprint density at radius 1 is 0.643 bits per heavy atom. The van der Waals surface area contributed by atoms with Crippen molar-refractivity contribution in [3.05, 3.63) is 59.7 Å². The Morgan fingerprint density at radius 2 is 1.07 bits per heavy atom. The Balaban J connectivity index is 1.70. The lowest BCUT2D eigenvalue weighted by Crippen LogP contribution is -2.03. The molecule has 5 nitrogen and oxygen atoms in total. The third kappa shape index (κ3) is 3.88. The van der Waals surface area contributed by atoms with E-state index in [1.807, 2.05) is 12.1 Å². The van der Waals surface area contributed by atoms with Crippen LogP contribution >= 0.6 is 0 Å². The quantitative estimate of drug-likeness (QED) is 0.738. The van der Waals surface area contributed by atoms with Crippen LogP contribution in [0.3, 0.4) is 0 Å². The third-order valence-corrected chi connectivity index (χ3v) is 5.04. The van der Waals surface area contributed by atoms with E-state index in [1.165, 1.54) is 0 Å². The van der Waals surface area contributed by atoms with Crippen molar-refractivity contribution in [3.8, 4) is 0 Å². The van der Waals surface area contributed by atoms with Gasteiger partial charge in [0.15, 0.2) is 5.78 Å². The molecule has 2 aromatic carbocycles. The second kappa shape index (κ2) is 7.80. The van der Waals surface area contributed by atoms with Crippen molar-refractivity contribution in [2.75, 3.05) is 0 Å². The molecule has 140 valence electrons. The average Bonchev–Trinajstić information content (AvgIpc) is 3.30. The highest BCUT2D eigenvalue weighted by Gasteiger charge is 2.21. The van der Waals surface area contributed by atoms with Gasteiger partial charge in [0.2, 0.25) is 0 Å². The molecular weight excluding hydrogens is 352 g/mol. The Hall–Kier alpha value is -3.21. The summed E-state index contributed by atoms with van der Waals surface area (Å²) in [4.78, 5) is 45.5. The maximum absolute atomic E-state index is 13.3. The number of hydrogen-bond acceptors (Lipinski definition) is 5. The molecule has 0 aromatic heterocycles. The molecule has 2 aliphatic rings. The predicted molar refractivity (Wildman–Crippen MR) is 108 cm³/mol. The van der Waals surface area contributed by atoms with Gasteiger partial charge in [0.05, 0.1) is 11.4 Å². The van der Waals surface area contributed by atoms with E-state index in [2.05, 4.69) is 9.98 Å². The average molecular weight is 372 g/mol. The van der Waals surface area contributed by atoms with Crippen LogP contribution in [0.25, 0.3) is 0 Å². The van der Waals surface area contributed by atoms with Gasteiger partial charge < -0.3 is 0 Å². The first kappa shape index (κ1) is 18.2. The number of aliphatic imine (C=N–C) groups is 2. The lowest BCUT2D eigenvalue weighted by Gasteiger charge is -2.09. The summed E-state index contributed by atoms with van der Waals surface area (Å²) in [7, 11) is 0. The van der Waals surface area contributed by atoms with Gasteiger partial charge in [0.1, 0.15) is 11.6 Å². The summed E-state index contributed by atoms with van der Waals surface area (Å²) in [6.45, 7) is 0. The SMILES string of the molecule is O=C1CCC(=Nc2ccccc2C(=O)c2ccccc2N=C2CCC(=O)C2)C1. The standard InChI is InChI=1S/C23H20N2O3/c26-17-11-9-15(13-17)24-21-7-3-1-5-19(21)23(28)20-6-2-4-8-22(20)25-16-10-12-18(27)14-16/h1-8H,9-14H2. The fourth-order valence-electron chi connectivity index (χ4n) is 3.58. The second-order valence-electron chi connectivity index (χ2n) is 7.15. The fraction of sp³-hybridized carbons (Fsp3) is 0.261. The molecule has 0 radical (unpaired) electrons. The largest absolute Gasteiger partial charge is 0.299 e. The minimum Gasteiger partial charge on any atom is -0.299 e. The molecule has 2 fully saturated rings. The molecule has 0 atom stereocenters. The van der Waals surface area contributed by atoms with E-state index in [4.69, 9.17) is 0 Å². The van der Waals surface area contributed by atoms with Crippen LogP contribution in [0, 0.1) is 0 Å². The van der Waals surface area contributed by atoms with Crippen LogP contribution in [0.5, 0.6) is 0 Å². The molecular formula is C23H20N2O3. The number of rotatable bonds is 4. The topological polar surface area (TPSA) is 75.9 Å². The van der Waals surface area contributed by atoms with Gasteiger partial charge in [0, 0.05) is 48.2 Å². The number of ketones is 3. The fourth-order valence-corrected chi connectivity index (χ4v) is 3.58. The van der Waals surface area contributed by atoms with Crippen molar-refractivity contribution < 1.29 is 14.4 Å². The molecule has 0 N–H and O–H groups in total. The molecule has 0 saturated heterocycles. The molecule has 5 heteroatoms. The number of para-hydroxylation sites is 2. The van der Waals surface area contributed by atoms with Crippen molar-refractivity contribution in [1.29, 1.82) is 0 Å². The molecule has 0 spiro atoms. The van der Waals surface area contributed by atoms with Gasteiger partial charge >= 0.3 is 0 Å². The van der Waals surface area contributed by atoms with Gasteiger partial charge in [-0.1, -0.05) is 24.3 Å². The maximum Gasteiger partial charge on any atom is 0.197 e. The van der Waals surface area contributed by atoms with Crippen molar-refractivity contribution in [1.82, 2.24) is 0 Å². The van der Waals surface area contributed by atoms with Gasteiger partial charge in [0.25, 0.3) is 0 Å². The summed E-state index contributed by atoms with van der Waals surface area (Å²) in [6.07, 6.45) is 3.07. The van der Waals surface area contributed by atoms with E-state index in [1.54, 1.807) is 36.4 Å². The summed E-state index contributed by atoms with van der Waals surface area (Å²) in [5, 5.41) is 0. The lowest BCUT2D eigenvalue weighted by molar-refractivity contribution is -0.117. The number of carbonyl (C=O) groups is 3.